The summed E-state index contributed by atoms with van der Waals surface area (Å²) in [4.78, 5) is 0. The minimum absolute atomic E-state index is 0.732. The summed E-state index contributed by atoms with van der Waals surface area (Å²) in [6.07, 6.45) is 18.5. The Bertz CT molecular complexity index is 245. The van der Waals surface area contributed by atoms with Gasteiger partial charge in [-0.3, -0.25) is 0 Å². The Labute approximate surface area is 108 Å². The fourth-order valence-electron chi connectivity index (χ4n) is 4.89. The molecular weight excluding hydrogens is 204 g/mol. The van der Waals surface area contributed by atoms with Crippen molar-refractivity contribution in [1.29, 1.82) is 0 Å². The second-order valence-corrected chi connectivity index (χ2v) is 7.54. The molecule has 3 fully saturated rings. The van der Waals surface area contributed by atoms with Gasteiger partial charge in [0.2, 0.25) is 0 Å². The average molecular weight is 234 g/mol. The molecule has 0 heterocycles. The van der Waals surface area contributed by atoms with E-state index in [1.54, 1.807) is 44.9 Å². The lowest BCUT2D eigenvalue weighted by atomic mass is 9.61. The van der Waals surface area contributed by atoms with Crippen molar-refractivity contribution in [3.8, 4) is 0 Å². The molecule has 3 aliphatic rings. The van der Waals surface area contributed by atoms with Gasteiger partial charge in [0.15, 0.2) is 0 Å². The van der Waals surface area contributed by atoms with Gasteiger partial charge in [-0.2, -0.15) is 0 Å². The van der Waals surface area contributed by atoms with Crippen molar-refractivity contribution in [1.82, 2.24) is 0 Å². The quantitative estimate of drug-likeness (QED) is 0.548. The van der Waals surface area contributed by atoms with E-state index in [9.17, 15) is 0 Å². The molecule has 0 nitrogen and oxygen atoms in total. The summed E-state index contributed by atoms with van der Waals surface area (Å²) >= 11 is 0. The molecule has 2 atom stereocenters. The molecule has 98 valence electrons. The van der Waals surface area contributed by atoms with Crippen LogP contribution >= 0.6 is 0 Å². The Morgan fingerprint density at radius 3 is 2.06 bits per heavy atom. The topological polar surface area (TPSA) is 0 Å². The zero-order valence-electron chi connectivity index (χ0n) is 11.7. The predicted octanol–water partition coefficient (Wildman–Crippen LogP) is 5.56. The van der Waals surface area contributed by atoms with E-state index in [1.807, 2.05) is 0 Å². The molecule has 3 aliphatic carbocycles. The Morgan fingerprint density at radius 1 is 0.706 bits per heavy atom. The Balaban J connectivity index is 1.65. The van der Waals surface area contributed by atoms with E-state index < -0.39 is 0 Å². The highest BCUT2D eigenvalue weighted by molar-refractivity contribution is 4.93. The van der Waals surface area contributed by atoms with Gasteiger partial charge in [0.1, 0.15) is 0 Å². The van der Waals surface area contributed by atoms with Crippen LogP contribution in [0.5, 0.6) is 0 Å². The van der Waals surface area contributed by atoms with E-state index in [0.29, 0.717) is 0 Å². The van der Waals surface area contributed by atoms with E-state index in [-0.39, 0.29) is 0 Å². The summed E-state index contributed by atoms with van der Waals surface area (Å²) in [7, 11) is 0. The maximum absolute atomic E-state index is 2.65. The molecule has 0 aliphatic heterocycles. The SMILES string of the molecule is CC1(C2CCCCCC2)CCCC(C2CC2)C1. The Hall–Kier alpha value is 0. The predicted molar refractivity (Wildman–Crippen MR) is 74.0 cm³/mol. The summed E-state index contributed by atoms with van der Waals surface area (Å²) < 4.78 is 0. The molecule has 0 spiro atoms. The molecule has 17 heavy (non-hydrogen) atoms. The maximum atomic E-state index is 2.65. The first-order valence-corrected chi connectivity index (χ1v) is 8.28. The fourth-order valence-corrected chi connectivity index (χ4v) is 4.89. The third kappa shape index (κ3) is 2.71. The molecule has 0 aromatic heterocycles. The van der Waals surface area contributed by atoms with Crippen LogP contribution in [0.15, 0.2) is 0 Å². The van der Waals surface area contributed by atoms with Gasteiger partial charge in [-0.25, -0.2) is 0 Å². The standard InChI is InChI=1S/C17H30/c1-17(16-8-4-2-3-5-9-16)12-6-7-15(13-17)14-10-11-14/h14-16H,2-13H2,1H3. The van der Waals surface area contributed by atoms with Crippen LogP contribution in [0, 0.1) is 23.2 Å². The first-order valence-electron chi connectivity index (χ1n) is 8.28. The first-order chi connectivity index (χ1) is 8.28. The van der Waals surface area contributed by atoms with Crippen molar-refractivity contribution in [3.63, 3.8) is 0 Å². The Morgan fingerprint density at radius 2 is 1.41 bits per heavy atom. The molecule has 0 aromatic carbocycles. The second kappa shape index (κ2) is 4.94. The van der Waals surface area contributed by atoms with Crippen molar-refractivity contribution in [2.24, 2.45) is 23.2 Å². The summed E-state index contributed by atoms with van der Waals surface area (Å²) in [6.45, 7) is 2.65. The van der Waals surface area contributed by atoms with Crippen LogP contribution < -0.4 is 0 Å². The van der Waals surface area contributed by atoms with E-state index >= 15 is 0 Å². The highest BCUT2D eigenvalue weighted by Crippen LogP contribution is 2.54. The molecule has 0 amide bonds. The molecule has 0 saturated heterocycles. The van der Waals surface area contributed by atoms with Gasteiger partial charge in [0.25, 0.3) is 0 Å². The fraction of sp³-hybridized carbons (Fsp3) is 1.00. The minimum atomic E-state index is 0.732. The van der Waals surface area contributed by atoms with Gasteiger partial charge in [-0.05, 0) is 61.7 Å². The largest absolute Gasteiger partial charge is 0.0594 e. The zero-order valence-corrected chi connectivity index (χ0v) is 11.7. The van der Waals surface area contributed by atoms with Gasteiger partial charge < -0.3 is 0 Å². The number of hydrogen-bond acceptors (Lipinski definition) is 0. The second-order valence-electron chi connectivity index (χ2n) is 7.54. The summed E-state index contributed by atoms with van der Waals surface area (Å²) in [5.41, 5.74) is 0.732. The van der Waals surface area contributed by atoms with Crippen LogP contribution in [-0.2, 0) is 0 Å². The highest BCUT2D eigenvalue weighted by Gasteiger charge is 2.42. The van der Waals surface area contributed by atoms with Gasteiger partial charge in [0.05, 0.1) is 0 Å². The maximum Gasteiger partial charge on any atom is -0.0295 e. The normalized spacial score (nSPS) is 41.1. The van der Waals surface area contributed by atoms with Crippen LogP contribution in [-0.4, -0.2) is 0 Å². The minimum Gasteiger partial charge on any atom is -0.0594 e. The van der Waals surface area contributed by atoms with E-state index in [0.717, 1.165) is 23.2 Å². The van der Waals surface area contributed by atoms with Gasteiger partial charge in [-0.1, -0.05) is 45.4 Å². The van der Waals surface area contributed by atoms with Crippen LogP contribution in [0.3, 0.4) is 0 Å². The summed E-state index contributed by atoms with van der Waals surface area (Å²) in [5, 5.41) is 0. The van der Waals surface area contributed by atoms with Gasteiger partial charge in [-0.15, -0.1) is 0 Å². The van der Waals surface area contributed by atoms with Gasteiger partial charge in [0, 0.05) is 0 Å². The van der Waals surface area contributed by atoms with E-state index in [2.05, 4.69) is 6.92 Å². The van der Waals surface area contributed by atoms with Crippen molar-refractivity contribution >= 4 is 0 Å². The number of rotatable bonds is 2. The zero-order chi connectivity index (χ0) is 11.7. The third-order valence-electron chi connectivity index (χ3n) is 6.18. The Kier molecular flexibility index (Phi) is 3.50. The molecule has 0 heteroatoms. The van der Waals surface area contributed by atoms with E-state index in [4.69, 9.17) is 0 Å². The lowest BCUT2D eigenvalue weighted by Crippen LogP contribution is -2.34. The summed E-state index contributed by atoms with van der Waals surface area (Å²) in [6, 6.07) is 0. The molecule has 0 radical (unpaired) electrons. The number of hydrogen-bond donors (Lipinski definition) is 0. The van der Waals surface area contributed by atoms with E-state index in [1.165, 1.54) is 32.1 Å². The third-order valence-corrected chi connectivity index (χ3v) is 6.18. The molecule has 0 N–H and O–H groups in total. The van der Waals surface area contributed by atoms with Crippen molar-refractivity contribution in [2.75, 3.05) is 0 Å². The molecular formula is C17H30. The molecule has 0 bridgehead atoms. The molecule has 0 aromatic rings. The van der Waals surface area contributed by atoms with Crippen LogP contribution in [0.25, 0.3) is 0 Å². The lowest BCUT2D eigenvalue weighted by Gasteiger charge is -2.44. The summed E-state index contributed by atoms with van der Waals surface area (Å²) in [5.74, 6) is 3.35. The lowest BCUT2D eigenvalue weighted by molar-refractivity contribution is 0.0653. The molecule has 2 unspecified atom stereocenters. The van der Waals surface area contributed by atoms with Crippen LogP contribution in [0.1, 0.15) is 84.0 Å². The van der Waals surface area contributed by atoms with Crippen LogP contribution in [0.4, 0.5) is 0 Å². The van der Waals surface area contributed by atoms with Crippen molar-refractivity contribution < 1.29 is 0 Å². The smallest absolute Gasteiger partial charge is 0.0295 e. The monoisotopic (exact) mass is 234 g/mol. The van der Waals surface area contributed by atoms with Crippen molar-refractivity contribution in [2.45, 2.75) is 84.0 Å². The first kappa shape index (κ1) is 12.1. The highest BCUT2D eigenvalue weighted by atomic mass is 14.5. The van der Waals surface area contributed by atoms with Crippen molar-refractivity contribution in [3.05, 3.63) is 0 Å². The average Bonchev–Trinajstić information content (AvgIpc) is 3.17. The van der Waals surface area contributed by atoms with Gasteiger partial charge >= 0.3 is 0 Å². The molecule has 3 saturated carbocycles. The van der Waals surface area contributed by atoms with Crippen LogP contribution in [0.2, 0.25) is 0 Å². The molecule has 3 rings (SSSR count).